The van der Waals surface area contributed by atoms with Crippen molar-refractivity contribution >= 4 is 0 Å². The molecule has 0 radical (unpaired) electrons. The maximum Gasteiger partial charge on any atom is -0.0287 e. The molecule has 13 heavy (non-hydrogen) atoms. The van der Waals surface area contributed by atoms with Crippen LogP contribution in [0.5, 0.6) is 0 Å². The average Bonchev–Trinajstić information content (AvgIpc) is 2.21. The Morgan fingerprint density at radius 2 is 1.62 bits per heavy atom. The third kappa shape index (κ3) is 24.7. The summed E-state index contributed by atoms with van der Waals surface area (Å²) in [4.78, 5) is 0. The molecule has 0 aliphatic heterocycles. The Morgan fingerprint density at radius 3 is 1.92 bits per heavy atom. The maximum absolute atomic E-state index is 3.85. The van der Waals surface area contributed by atoms with Crippen LogP contribution in [0.3, 0.4) is 0 Å². The summed E-state index contributed by atoms with van der Waals surface area (Å²) in [5.41, 5.74) is 1.18. The zero-order valence-corrected chi connectivity index (χ0v) is 10.1. The first-order valence-electron chi connectivity index (χ1n) is 5.28. The van der Waals surface area contributed by atoms with Crippen molar-refractivity contribution in [2.45, 2.75) is 47.5 Å². The molecule has 0 heteroatoms. The molecule has 0 heterocycles. The van der Waals surface area contributed by atoms with Gasteiger partial charge in [-0.3, -0.25) is 0 Å². The highest BCUT2D eigenvalue weighted by molar-refractivity contribution is 5.17. The highest BCUT2D eigenvalue weighted by Gasteiger charge is 1.81. The van der Waals surface area contributed by atoms with Crippen molar-refractivity contribution in [1.82, 2.24) is 0 Å². The molecule has 0 saturated heterocycles. The van der Waals surface area contributed by atoms with Crippen molar-refractivity contribution in [2.75, 3.05) is 0 Å². The van der Waals surface area contributed by atoms with Gasteiger partial charge in [0.25, 0.3) is 0 Å². The first kappa shape index (κ1) is 18.1. The van der Waals surface area contributed by atoms with E-state index in [0.717, 1.165) is 6.42 Å². The number of hydrogen-bond acceptors (Lipinski definition) is 0. The Balaban J connectivity index is -0.000000218. The molecular formula is C13H26. The molecule has 0 unspecified atom stereocenters. The van der Waals surface area contributed by atoms with Crippen LogP contribution in [0.1, 0.15) is 47.5 Å². The zero-order chi connectivity index (χ0) is 11.1. The topological polar surface area (TPSA) is 0 Å². The van der Waals surface area contributed by atoms with E-state index in [1.807, 2.05) is 39.8 Å². The molecule has 0 aromatic heterocycles. The highest BCUT2D eigenvalue weighted by atomic mass is 13.9. The molecule has 0 fully saturated rings. The molecule has 0 aromatic carbocycles. The van der Waals surface area contributed by atoms with E-state index in [9.17, 15) is 0 Å². The van der Waals surface area contributed by atoms with Gasteiger partial charge in [-0.15, -0.1) is 0 Å². The third-order valence-electron chi connectivity index (χ3n) is 1.04. The summed E-state index contributed by atoms with van der Waals surface area (Å²) in [7, 11) is 0. The van der Waals surface area contributed by atoms with Crippen LogP contribution in [0.2, 0.25) is 0 Å². The van der Waals surface area contributed by atoms with Gasteiger partial charge in [0, 0.05) is 0 Å². The van der Waals surface area contributed by atoms with Gasteiger partial charge in [-0.25, -0.2) is 0 Å². The number of rotatable bonds is 4. The monoisotopic (exact) mass is 182 g/mol. The van der Waals surface area contributed by atoms with Gasteiger partial charge < -0.3 is 0 Å². The lowest BCUT2D eigenvalue weighted by Crippen LogP contribution is -1.71. The SMILES string of the molecule is C=C/C=C\C(=C)CCC.CC.CC. The Hall–Kier alpha value is -0.780. The molecule has 0 nitrogen and oxygen atoms in total. The van der Waals surface area contributed by atoms with Gasteiger partial charge >= 0.3 is 0 Å². The van der Waals surface area contributed by atoms with Crippen molar-refractivity contribution in [3.63, 3.8) is 0 Å². The summed E-state index contributed by atoms with van der Waals surface area (Å²) >= 11 is 0. The van der Waals surface area contributed by atoms with Crippen LogP contribution < -0.4 is 0 Å². The van der Waals surface area contributed by atoms with Crippen molar-refractivity contribution < 1.29 is 0 Å². The molecule has 78 valence electrons. The molecule has 0 spiro atoms. The van der Waals surface area contributed by atoms with Crippen molar-refractivity contribution in [3.8, 4) is 0 Å². The van der Waals surface area contributed by atoms with E-state index in [-0.39, 0.29) is 0 Å². The Bertz CT molecular complexity index is 118. The fraction of sp³-hybridized carbons (Fsp3) is 0.538. The van der Waals surface area contributed by atoms with Gasteiger partial charge in [0.05, 0.1) is 0 Å². The highest BCUT2D eigenvalue weighted by Crippen LogP contribution is 2.02. The first-order valence-corrected chi connectivity index (χ1v) is 5.28. The lowest BCUT2D eigenvalue weighted by Gasteiger charge is -1.91. The van der Waals surface area contributed by atoms with Gasteiger partial charge in [0.2, 0.25) is 0 Å². The molecule has 0 aliphatic rings. The molecular weight excluding hydrogens is 156 g/mol. The number of hydrogen-bond donors (Lipinski definition) is 0. The fourth-order valence-electron chi connectivity index (χ4n) is 0.609. The lowest BCUT2D eigenvalue weighted by molar-refractivity contribution is 0.930. The van der Waals surface area contributed by atoms with Gasteiger partial charge in [-0.2, -0.15) is 0 Å². The Kier molecular flexibility index (Phi) is 31.3. The van der Waals surface area contributed by atoms with Crippen LogP contribution in [0, 0.1) is 0 Å². The molecule has 0 rings (SSSR count). The Morgan fingerprint density at radius 1 is 1.15 bits per heavy atom. The van der Waals surface area contributed by atoms with Crippen LogP contribution in [0.25, 0.3) is 0 Å². The van der Waals surface area contributed by atoms with Gasteiger partial charge in [0.15, 0.2) is 0 Å². The smallest absolute Gasteiger partial charge is 0.0287 e. The molecule has 0 saturated carbocycles. The van der Waals surface area contributed by atoms with E-state index < -0.39 is 0 Å². The largest absolute Gasteiger partial charge is 0.0991 e. The predicted octanol–water partition coefficient (Wildman–Crippen LogP) is 5.14. The van der Waals surface area contributed by atoms with E-state index in [1.54, 1.807) is 6.08 Å². The van der Waals surface area contributed by atoms with Crippen molar-refractivity contribution in [1.29, 1.82) is 0 Å². The van der Waals surface area contributed by atoms with Crippen molar-refractivity contribution in [3.05, 3.63) is 37.0 Å². The second-order valence-electron chi connectivity index (χ2n) is 2.00. The minimum absolute atomic E-state index is 1.09. The molecule has 0 amide bonds. The second-order valence-corrected chi connectivity index (χ2v) is 2.00. The van der Waals surface area contributed by atoms with E-state index in [0.29, 0.717) is 0 Å². The van der Waals surface area contributed by atoms with Crippen LogP contribution >= 0.6 is 0 Å². The first-order chi connectivity index (χ1) is 6.31. The Labute approximate surface area is 85.1 Å². The summed E-state index contributed by atoms with van der Waals surface area (Å²) in [6.07, 6.45) is 7.93. The maximum atomic E-state index is 3.85. The van der Waals surface area contributed by atoms with Gasteiger partial charge in [0.1, 0.15) is 0 Å². The van der Waals surface area contributed by atoms with Crippen LogP contribution in [0.4, 0.5) is 0 Å². The fourth-order valence-corrected chi connectivity index (χ4v) is 0.609. The third-order valence-corrected chi connectivity index (χ3v) is 1.04. The molecule has 0 aromatic rings. The summed E-state index contributed by atoms with van der Waals surface area (Å²) in [5, 5.41) is 0. The quantitative estimate of drug-likeness (QED) is 0.528. The second kappa shape index (κ2) is 22.5. The zero-order valence-electron chi connectivity index (χ0n) is 10.1. The molecule has 0 bridgehead atoms. The molecule has 0 atom stereocenters. The van der Waals surface area contributed by atoms with E-state index in [4.69, 9.17) is 0 Å². The predicted molar refractivity (Wildman–Crippen MR) is 66.1 cm³/mol. The van der Waals surface area contributed by atoms with Gasteiger partial charge in [-0.05, 0) is 6.42 Å². The van der Waals surface area contributed by atoms with Crippen LogP contribution in [0.15, 0.2) is 37.0 Å². The van der Waals surface area contributed by atoms with Crippen LogP contribution in [-0.4, -0.2) is 0 Å². The van der Waals surface area contributed by atoms with E-state index in [1.165, 1.54) is 12.0 Å². The lowest BCUT2D eigenvalue weighted by atomic mass is 10.2. The summed E-state index contributed by atoms with van der Waals surface area (Å²) in [6, 6.07) is 0. The van der Waals surface area contributed by atoms with Gasteiger partial charge in [-0.1, -0.05) is 78.0 Å². The van der Waals surface area contributed by atoms with E-state index in [2.05, 4.69) is 20.1 Å². The normalized spacial score (nSPS) is 7.77. The summed E-state index contributed by atoms with van der Waals surface area (Å²) in [5.74, 6) is 0. The minimum Gasteiger partial charge on any atom is -0.0991 e. The summed E-state index contributed by atoms with van der Waals surface area (Å²) in [6.45, 7) is 17.6. The van der Waals surface area contributed by atoms with Crippen molar-refractivity contribution in [2.24, 2.45) is 0 Å². The van der Waals surface area contributed by atoms with E-state index >= 15 is 0 Å². The summed E-state index contributed by atoms with van der Waals surface area (Å²) < 4.78 is 0. The van der Waals surface area contributed by atoms with Crippen LogP contribution in [-0.2, 0) is 0 Å². The average molecular weight is 182 g/mol. The number of allylic oxidation sites excluding steroid dienone is 4. The molecule has 0 aliphatic carbocycles. The standard InChI is InChI=1S/C9H14.2C2H6/c1-4-6-8-9(3)7-5-2;2*1-2/h4,6,8H,1,3,5,7H2,2H3;2*1-2H3/b8-6-;;. The minimum atomic E-state index is 1.09. The molecule has 0 N–H and O–H groups in total.